The molecule has 2 unspecified atom stereocenters. The standard InChI is InChI=1S/C23H26O6/c1-14(2)15(13-24)12-22-19(25)17-10-6-7-11-18(17)20(26)23(22,29-22)21(27)28-16-8-4-3-5-9-16/h6-7,10-11,16,24H,3-5,8-9,12-13H2,1-2H3. The molecule has 29 heavy (non-hydrogen) atoms. The Labute approximate surface area is 169 Å². The fraction of sp³-hybridized carbons (Fsp3) is 0.522. The normalized spacial score (nSPS) is 28.4. The van der Waals surface area contributed by atoms with Gasteiger partial charge in [0.1, 0.15) is 6.10 Å². The molecule has 1 saturated carbocycles. The Bertz CT molecular complexity index is 906. The Hall–Kier alpha value is -2.31. The molecule has 3 aliphatic rings. The number of rotatable bonds is 5. The zero-order valence-electron chi connectivity index (χ0n) is 16.8. The van der Waals surface area contributed by atoms with Crippen LogP contribution in [-0.4, -0.2) is 46.6 Å². The van der Waals surface area contributed by atoms with Gasteiger partial charge in [0, 0.05) is 17.5 Å². The van der Waals surface area contributed by atoms with Gasteiger partial charge in [0.05, 0.1) is 6.61 Å². The van der Waals surface area contributed by atoms with Crippen molar-refractivity contribution < 1.29 is 29.0 Å². The maximum absolute atomic E-state index is 13.4. The molecule has 1 aliphatic heterocycles. The Morgan fingerprint density at radius 2 is 1.72 bits per heavy atom. The molecule has 6 heteroatoms. The summed E-state index contributed by atoms with van der Waals surface area (Å²) in [6.07, 6.45) is 4.29. The number of Topliss-reactive ketones (excluding diaryl/α,β-unsaturated/α-hetero) is 2. The van der Waals surface area contributed by atoms with Gasteiger partial charge in [0.25, 0.3) is 5.60 Å². The van der Waals surface area contributed by atoms with Crippen molar-refractivity contribution in [3.05, 3.63) is 46.5 Å². The number of benzene rings is 1. The molecule has 6 nitrogen and oxygen atoms in total. The minimum atomic E-state index is -1.95. The maximum atomic E-state index is 13.4. The van der Waals surface area contributed by atoms with Crippen molar-refractivity contribution >= 4 is 17.5 Å². The van der Waals surface area contributed by atoms with E-state index in [1.54, 1.807) is 24.3 Å². The number of carbonyl (C=O) groups excluding carboxylic acids is 3. The highest BCUT2D eigenvalue weighted by Crippen LogP contribution is 2.59. The van der Waals surface area contributed by atoms with Gasteiger partial charge in [-0.15, -0.1) is 0 Å². The maximum Gasteiger partial charge on any atom is 0.350 e. The lowest BCUT2D eigenvalue weighted by Crippen LogP contribution is -2.51. The molecule has 154 valence electrons. The monoisotopic (exact) mass is 398 g/mol. The number of hydrogen-bond donors (Lipinski definition) is 1. The molecule has 2 fully saturated rings. The smallest absolute Gasteiger partial charge is 0.350 e. The molecule has 2 atom stereocenters. The van der Waals surface area contributed by atoms with Crippen LogP contribution in [-0.2, 0) is 14.3 Å². The fourth-order valence-corrected chi connectivity index (χ4v) is 4.61. The largest absolute Gasteiger partial charge is 0.460 e. The lowest BCUT2D eigenvalue weighted by molar-refractivity contribution is -0.155. The van der Waals surface area contributed by atoms with Crippen LogP contribution in [0.15, 0.2) is 35.4 Å². The van der Waals surface area contributed by atoms with Crippen LogP contribution in [0.2, 0.25) is 0 Å². The molecular formula is C23H26O6. The van der Waals surface area contributed by atoms with Crippen LogP contribution in [0.3, 0.4) is 0 Å². The van der Waals surface area contributed by atoms with Gasteiger partial charge in [-0.3, -0.25) is 9.59 Å². The van der Waals surface area contributed by atoms with Crippen LogP contribution in [0.25, 0.3) is 0 Å². The van der Waals surface area contributed by atoms with E-state index in [1.807, 2.05) is 13.8 Å². The summed E-state index contributed by atoms with van der Waals surface area (Å²) in [5, 5.41) is 9.77. The summed E-state index contributed by atoms with van der Waals surface area (Å²) in [7, 11) is 0. The molecule has 1 N–H and O–H groups in total. The number of fused-ring (bicyclic) bond motifs is 2. The van der Waals surface area contributed by atoms with Gasteiger partial charge in [0.15, 0.2) is 11.4 Å². The Balaban J connectivity index is 1.76. The van der Waals surface area contributed by atoms with Crippen LogP contribution < -0.4 is 0 Å². The highest BCUT2D eigenvalue weighted by atomic mass is 16.7. The first-order chi connectivity index (χ1) is 13.9. The van der Waals surface area contributed by atoms with E-state index in [2.05, 4.69) is 0 Å². The van der Waals surface area contributed by atoms with Crippen LogP contribution in [0.5, 0.6) is 0 Å². The van der Waals surface area contributed by atoms with Gasteiger partial charge >= 0.3 is 5.97 Å². The Morgan fingerprint density at radius 3 is 2.31 bits per heavy atom. The van der Waals surface area contributed by atoms with E-state index in [0.29, 0.717) is 5.57 Å². The molecule has 1 heterocycles. The lowest BCUT2D eigenvalue weighted by atomic mass is 9.71. The van der Waals surface area contributed by atoms with Crippen molar-refractivity contribution in [3.63, 3.8) is 0 Å². The lowest BCUT2D eigenvalue weighted by Gasteiger charge is -2.27. The summed E-state index contributed by atoms with van der Waals surface area (Å²) in [5.74, 6) is -1.71. The van der Waals surface area contributed by atoms with Crippen molar-refractivity contribution in [3.8, 4) is 0 Å². The summed E-state index contributed by atoms with van der Waals surface area (Å²) >= 11 is 0. The molecule has 0 bridgehead atoms. The summed E-state index contributed by atoms with van der Waals surface area (Å²) in [5.41, 5.74) is -1.74. The number of aliphatic hydroxyl groups is 1. The number of hydrogen-bond acceptors (Lipinski definition) is 6. The van der Waals surface area contributed by atoms with Gasteiger partial charge < -0.3 is 14.6 Å². The van der Waals surface area contributed by atoms with Crippen molar-refractivity contribution in [1.29, 1.82) is 0 Å². The van der Waals surface area contributed by atoms with E-state index in [0.717, 1.165) is 37.7 Å². The van der Waals surface area contributed by atoms with Crippen LogP contribution in [0, 0.1) is 0 Å². The molecule has 1 aromatic carbocycles. The third-order valence-electron chi connectivity index (χ3n) is 6.43. The minimum Gasteiger partial charge on any atom is -0.460 e. The molecule has 0 aromatic heterocycles. The number of ether oxygens (including phenoxy) is 2. The number of epoxide rings is 1. The van der Waals surface area contributed by atoms with Crippen molar-refractivity contribution in [2.45, 2.75) is 69.7 Å². The number of esters is 1. The van der Waals surface area contributed by atoms with Gasteiger partial charge in [-0.1, -0.05) is 36.3 Å². The molecule has 0 spiro atoms. The van der Waals surface area contributed by atoms with E-state index in [1.165, 1.54) is 0 Å². The van der Waals surface area contributed by atoms with Crippen LogP contribution in [0.4, 0.5) is 0 Å². The number of carbonyl (C=O) groups is 3. The summed E-state index contributed by atoms with van der Waals surface area (Å²) in [6, 6.07) is 6.47. The summed E-state index contributed by atoms with van der Waals surface area (Å²) in [6.45, 7) is 3.36. The molecule has 2 aliphatic carbocycles. The summed E-state index contributed by atoms with van der Waals surface area (Å²) < 4.78 is 11.5. The second-order valence-corrected chi connectivity index (χ2v) is 8.42. The van der Waals surface area contributed by atoms with Crippen molar-refractivity contribution in [2.75, 3.05) is 6.61 Å². The van der Waals surface area contributed by atoms with E-state index < -0.39 is 28.7 Å². The molecule has 1 aromatic rings. The van der Waals surface area contributed by atoms with E-state index in [4.69, 9.17) is 9.47 Å². The van der Waals surface area contributed by atoms with E-state index in [-0.39, 0.29) is 30.3 Å². The first-order valence-electron chi connectivity index (χ1n) is 10.2. The topological polar surface area (TPSA) is 93.2 Å². The Morgan fingerprint density at radius 1 is 1.10 bits per heavy atom. The van der Waals surface area contributed by atoms with Gasteiger partial charge in [0.2, 0.25) is 5.78 Å². The van der Waals surface area contributed by atoms with Gasteiger partial charge in [-0.05, 0) is 45.1 Å². The van der Waals surface area contributed by atoms with E-state index >= 15 is 0 Å². The molecule has 4 rings (SSSR count). The SMILES string of the molecule is CC(C)=C(CO)CC12OC1(C(=O)OC1CCCCC1)C(=O)c1ccccc1C2=O. The number of allylic oxidation sites excluding steroid dienone is 1. The number of aliphatic hydroxyl groups excluding tert-OH is 1. The fourth-order valence-electron chi connectivity index (χ4n) is 4.61. The highest BCUT2D eigenvalue weighted by molar-refractivity contribution is 6.32. The Kier molecular flexibility index (Phi) is 4.95. The average Bonchev–Trinajstić information content (AvgIpc) is 3.43. The quantitative estimate of drug-likeness (QED) is 0.354. The second kappa shape index (κ2) is 7.18. The zero-order chi connectivity index (χ0) is 20.8. The van der Waals surface area contributed by atoms with E-state index in [9.17, 15) is 19.5 Å². The third-order valence-corrected chi connectivity index (χ3v) is 6.43. The van der Waals surface area contributed by atoms with Crippen molar-refractivity contribution in [2.24, 2.45) is 0 Å². The minimum absolute atomic E-state index is 0.00942. The molecule has 0 amide bonds. The summed E-state index contributed by atoms with van der Waals surface area (Å²) in [4.78, 5) is 40.1. The van der Waals surface area contributed by atoms with Crippen LogP contribution >= 0.6 is 0 Å². The van der Waals surface area contributed by atoms with Crippen molar-refractivity contribution in [1.82, 2.24) is 0 Å². The first-order valence-corrected chi connectivity index (χ1v) is 10.2. The second-order valence-electron chi connectivity index (χ2n) is 8.42. The van der Waals surface area contributed by atoms with Gasteiger partial charge in [-0.2, -0.15) is 0 Å². The zero-order valence-corrected chi connectivity index (χ0v) is 16.8. The molecule has 0 radical (unpaired) electrons. The predicted octanol–water partition coefficient (Wildman–Crippen LogP) is 3.17. The molecule has 1 saturated heterocycles. The van der Waals surface area contributed by atoms with Crippen LogP contribution in [0.1, 0.15) is 73.1 Å². The average molecular weight is 398 g/mol. The third kappa shape index (κ3) is 2.89. The van der Waals surface area contributed by atoms with Gasteiger partial charge in [-0.25, -0.2) is 4.79 Å². The predicted molar refractivity (Wildman–Crippen MR) is 105 cm³/mol. The first kappa shape index (κ1) is 20.0. The highest BCUT2D eigenvalue weighted by Gasteiger charge is 2.85. The molecular weight excluding hydrogens is 372 g/mol. The number of ketones is 2.